The normalized spacial score (nSPS) is 13.2. The molecule has 1 N–H and O–H groups in total. The lowest BCUT2D eigenvalue weighted by atomic mass is 10.2. The molecule has 4 nitrogen and oxygen atoms in total. The fourth-order valence-electron chi connectivity index (χ4n) is 1.38. The molecule has 20 heavy (non-hydrogen) atoms. The van der Waals surface area contributed by atoms with E-state index in [4.69, 9.17) is 20.9 Å². The van der Waals surface area contributed by atoms with Crippen LogP contribution in [0.4, 0.5) is 0 Å². The molecule has 0 aromatic carbocycles. The zero-order valence-electron chi connectivity index (χ0n) is 14.7. The minimum absolute atomic E-state index is 0.477. The van der Waals surface area contributed by atoms with Crippen molar-refractivity contribution in [2.75, 3.05) is 19.6 Å². The maximum atomic E-state index is 9.67. The standard InChI is InChI=1S/C8H19O3PS.C6H15N/c1-7(2,3)10-12(9,13)11-8(4,5)6;1-4-7(5-2)6-3/h1-6H3,(H,9,13);4-6H2,1-3H3. The van der Waals surface area contributed by atoms with Crippen LogP contribution in [0.15, 0.2) is 0 Å². The molecule has 0 aromatic rings. The summed E-state index contributed by atoms with van der Waals surface area (Å²) in [4.78, 5) is 12.0. The zero-order chi connectivity index (χ0) is 16.6. The Morgan fingerprint density at radius 2 is 1.10 bits per heavy atom. The van der Waals surface area contributed by atoms with E-state index in [9.17, 15) is 4.89 Å². The molecular weight excluding hydrogens is 293 g/mol. The van der Waals surface area contributed by atoms with Gasteiger partial charge in [-0.3, -0.25) is 0 Å². The Hall–Kier alpha value is 0.490. The lowest BCUT2D eigenvalue weighted by Crippen LogP contribution is -2.23. The van der Waals surface area contributed by atoms with Crippen LogP contribution in [0.5, 0.6) is 0 Å². The molecule has 0 aliphatic carbocycles. The highest BCUT2D eigenvalue weighted by Gasteiger charge is 2.28. The van der Waals surface area contributed by atoms with Crippen molar-refractivity contribution in [1.29, 1.82) is 0 Å². The van der Waals surface area contributed by atoms with E-state index in [2.05, 4.69) is 25.7 Å². The van der Waals surface area contributed by atoms with Gasteiger partial charge in [0.05, 0.1) is 11.2 Å². The van der Waals surface area contributed by atoms with Crippen LogP contribution >= 0.6 is 6.72 Å². The monoisotopic (exact) mass is 327 g/mol. The van der Waals surface area contributed by atoms with Gasteiger partial charge in [0.15, 0.2) is 0 Å². The first-order valence-corrected chi connectivity index (χ1v) is 9.82. The van der Waals surface area contributed by atoms with Crippen molar-refractivity contribution in [3.8, 4) is 0 Å². The van der Waals surface area contributed by atoms with Crippen molar-refractivity contribution in [2.45, 2.75) is 73.5 Å². The van der Waals surface area contributed by atoms with Crippen molar-refractivity contribution >= 4 is 18.5 Å². The summed E-state index contributed by atoms with van der Waals surface area (Å²) in [6.45, 7) is 18.0. The minimum Gasteiger partial charge on any atom is -0.324 e. The third-order valence-electron chi connectivity index (χ3n) is 2.12. The van der Waals surface area contributed by atoms with Crippen molar-refractivity contribution < 1.29 is 13.9 Å². The number of hydrogen-bond acceptors (Lipinski definition) is 4. The summed E-state index contributed by atoms with van der Waals surface area (Å²) in [6, 6.07) is 0. The van der Waals surface area contributed by atoms with Crippen LogP contribution in [-0.4, -0.2) is 40.6 Å². The quantitative estimate of drug-likeness (QED) is 0.767. The average molecular weight is 327 g/mol. The van der Waals surface area contributed by atoms with E-state index in [0.717, 1.165) is 0 Å². The molecule has 0 radical (unpaired) electrons. The van der Waals surface area contributed by atoms with Crippen LogP contribution in [0.2, 0.25) is 0 Å². The Labute approximate surface area is 131 Å². The molecule has 0 aromatic heterocycles. The van der Waals surface area contributed by atoms with E-state index in [1.807, 2.05) is 41.5 Å². The molecule has 0 heterocycles. The van der Waals surface area contributed by atoms with Gasteiger partial charge < -0.3 is 18.8 Å². The summed E-state index contributed by atoms with van der Waals surface area (Å²) >= 11 is 4.86. The first-order valence-electron chi connectivity index (χ1n) is 7.23. The van der Waals surface area contributed by atoms with Crippen LogP contribution in [0.25, 0.3) is 0 Å². The summed E-state index contributed by atoms with van der Waals surface area (Å²) in [6.07, 6.45) is 0. The summed E-state index contributed by atoms with van der Waals surface area (Å²) in [5, 5.41) is 0. The Morgan fingerprint density at radius 1 is 0.850 bits per heavy atom. The predicted octanol–water partition coefficient (Wildman–Crippen LogP) is 4.18. The maximum absolute atomic E-state index is 9.67. The summed E-state index contributed by atoms with van der Waals surface area (Å²) < 4.78 is 10.5. The van der Waals surface area contributed by atoms with Crippen molar-refractivity contribution in [1.82, 2.24) is 4.90 Å². The first kappa shape index (κ1) is 22.8. The molecule has 0 spiro atoms. The van der Waals surface area contributed by atoms with Gasteiger partial charge in [-0.15, -0.1) is 0 Å². The molecular formula is C14H34NO3PS. The molecule has 0 aliphatic rings. The van der Waals surface area contributed by atoms with Gasteiger partial charge in [-0.25, -0.2) is 0 Å². The van der Waals surface area contributed by atoms with Crippen LogP contribution in [0.1, 0.15) is 62.3 Å². The second-order valence-electron chi connectivity index (χ2n) is 6.50. The lowest BCUT2D eigenvalue weighted by Gasteiger charge is -2.30. The SMILES string of the molecule is CC(C)(C)OP(O)(=S)OC(C)(C)C.CCN(CC)CC. The smallest absolute Gasteiger partial charge is 0.324 e. The zero-order valence-corrected chi connectivity index (χ0v) is 16.4. The van der Waals surface area contributed by atoms with Crippen molar-refractivity contribution in [3.05, 3.63) is 0 Å². The summed E-state index contributed by atoms with van der Waals surface area (Å²) in [7, 11) is 0. The third kappa shape index (κ3) is 16.5. The van der Waals surface area contributed by atoms with E-state index >= 15 is 0 Å². The number of nitrogens with zero attached hydrogens (tertiary/aromatic N) is 1. The highest BCUT2D eigenvalue weighted by Crippen LogP contribution is 2.50. The molecule has 0 rings (SSSR count). The molecule has 0 saturated carbocycles. The van der Waals surface area contributed by atoms with Gasteiger partial charge in [0, 0.05) is 0 Å². The molecule has 0 aliphatic heterocycles. The van der Waals surface area contributed by atoms with Crippen LogP contribution in [0, 0.1) is 0 Å². The average Bonchev–Trinajstić information content (AvgIpc) is 2.13. The van der Waals surface area contributed by atoms with E-state index in [1.165, 1.54) is 19.6 Å². The Balaban J connectivity index is 0. The van der Waals surface area contributed by atoms with Gasteiger partial charge in [-0.1, -0.05) is 20.8 Å². The maximum Gasteiger partial charge on any atom is 0.325 e. The molecule has 0 amide bonds. The molecule has 0 unspecified atom stereocenters. The van der Waals surface area contributed by atoms with Gasteiger partial charge in [-0.05, 0) is 73.0 Å². The second kappa shape index (κ2) is 9.50. The first-order chi connectivity index (χ1) is 8.76. The Morgan fingerprint density at radius 3 is 1.20 bits per heavy atom. The lowest BCUT2D eigenvalue weighted by molar-refractivity contribution is 0.0450. The number of hydrogen-bond donors (Lipinski definition) is 1. The van der Waals surface area contributed by atoms with E-state index in [0.29, 0.717) is 0 Å². The molecule has 0 saturated heterocycles. The topological polar surface area (TPSA) is 41.9 Å². The van der Waals surface area contributed by atoms with Gasteiger partial charge in [0.2, 0.25) is 0 Å². The van der Waals surface area contributed by atoms with Gasteiger partial charge in [-0.2, -0.15) is 0 Å². The minimum atomic E-state index is -3.10. The molecule has 6 heteroatoms. The molecule has 124 valence electrons. The van der Waals surface area contributed by atoms with Crippen LogP contribution in [-0.2, 0) is 20.9 Å². The van der Waals surface area contributed by atoms with Gasteiger partial charge >= 0.3 is 6.72 Å². The second-order valence-corrected chi connectivity index (χ2v) is 9.18. The van der Waals surface area contributed by atoms with Gasteiger partial charge in [0.1, 0.15) is 0 Å². The summed E-state index contributed by atoms with van der Waals surface area (Å²) in [5.41, 5.74) is -0.953. The third-order valence-corrected chi connectivity index (χ3v) is 4.12. The van der Waals surface area contributed by atoms with Gasteiger partial charge in [0.25, 0.3) is 0 Å². The highest BCUT2D eigenvalue weighted by atomic mass is 32.5. The van der Waals surface area contributed by atoms with Crippen molar-refractivity contribution in [2.24, 2.45) is 0 Å². The number of rotatable bonds is 5. The summed E-state index contributed by atoms with van der Waals surface area (Å²) in [5.74, 6) is 0. The Bertz CT molecular complexity index is 268. The molecule has 0 fully saturated rings. The van der Waals surface area contributed by atoms with E-state index in [-0.39, 0.29) is 0 Å². The molecule has 0 bridgehead atoms. The van der Waals surface area contributed by atoms with Crippen LogP contribution in [0.3, 0.4) is 0 Å². The van der Waals surface area contributed by atoms with Crippen LogP contribution < -0.4 is 0 Å². The Kier molecular flexibility index (Phi) is 10.8. The fraction of sp³-hybridized carbons (Fsp3) is 1.00. The van der Waals surface area contributed by atoms with E-state index < -0.39 is 17.9 Å². The van der Waals surface area contributed by atoms with E-state index in [1.54, 1.807) is 0 Å². The fourth-order valence-corrected chi connectivity index (χ4v) is 4.14. The largest absolute Gasteiger partial charge is 0.325 e. The predicted molar refractivity (Wildman–Crippen MR) is 91.6 cm³/mol. The highest BCUT2D eigenvalue weighted by molar-refractivity contribution is 8.07. The molecule has 0 atom stereocenters. The van der Waals surface area contributed by atoms with Crippen molar-refractivity contribution in [3.63, 3.8) is 0 Å².